The number of Topliss-reactive ketones (excluding diaryl/α,β-unsaturated/α-hetero) is 1. The Morgan fingerprint density at radius 3 is 1.96 bits per heavy atom. The average molecular weight is 550 g/mol. The second-order valence-corrected chi connectivity index (χ2v) is 12.5. The number of halogens is 2. The molecule has 1 nitrogen and oxygen atoms in total. The molecular formula is C23H34Br2OS2. The minimum absolute atomic E-state index is 0.204. The Balaban J connectivity index is 1.89. The molecule has 28 heavy (non-hydrogen) atoms. The molecule has 0 N–H and O–H groups in total. The topological polar surface area (TPSA) is 17.1 Å². The van der Waals surface area contributed by atoms with Gasteiger partial charge in [0.15, 0.2) is 5.78 Å². The van der Waals surface area contributed by atoms with E-state index in [1.807, 2.05) is 0 Å². The molecule has 0 amide bonds. The van der Waals surface area contributed by atoms with E-state index in [1.165, 1.54) is 80.7 Å². The monoisotopic (exact) mass is 548 g/mol. The van der Waals surface area contributed by atoms with Crippen LogP contribution in [0.2, 0.25) is 0 Å². The number of ketones is 1. The third-order valence-corrected chi connectivity index (χ3v) is 9.61. The molecule has 0 aromatic carbocycles. The minimum Gasteiger partial charge on any atom is -0.293 e. The van der Waals surface area contributed by atoms with E-state index in [1.54, 1.807) is 22.7 Å². The van der Waals surface area contributed by atoms with Crippen molar-refractivity contribution in [2.75, 3.05) is 0 Å². The largest absolute Gasteiger partial charge is 0.293 e. The van der Waals surface area contributed by atoms with E-state index in [0.29, 0.717) is 5.78 Å². The fourth-order valence-corrected chi connectivity index (χ4v) is 8.24. The standard InChI is InChI=1S/C23H34Br2OS2/c1-3-5-7-8-9-10-11-13-15-17(14-12-6-4-2)20(26)19-16-18-21(27-19)23(25)28-22(18)24/h16-17H,3-15H2,1-2H3. The average Bonchev–Trinajstić information content (AvgIpc) is 3.23. The molecule has 0 saturated heterocycles. The van der Waals surface area contributed by atoms with Crippen molar-refractivity contribution in [1.82, 2.24) is 0 Å². The van der Waals surface area contributed by atoms with Crippen molar-refractivity contribution < 1.29 is 4.79 Å². The maximum absolute atomic E-state index is 13.3. The van der Waals surface area contributed by atoms with Gasteiger partial charge in [-0.25, -0.2) is 0 Å². The van der Waals surface area contributed by atoms with Crippen LogP contribution in [0.25, 0.3) is 10.1 Å². The van der Waals surface area contributed by atoms with Crippen molar-refractivity contribution in [3.8, 4) is 0 Å². The maximum Gasteiger partial charge on any atom is 0.175 e. The molecule has 0 bridgehead atoms. The summed E-state index contributed by atoms with van der Waals surface area (Å²) in [4.78, 5) is 14.2. The van der Waals surface area contributed by atoms with E-state index in [-0.39, 0.29) is 5.92 Å². The fraction of sp³-hybridized carbons (Fsp3) is 0.696. The molecule has 1 unspecified atom stereocenters. The Morgan fingerprint density at radius 2 is 1.36 bits per heavy atom. The number of fused-ring (bicyclic) bond motifs is 1. The predicted octanol–water partition coefficient (Wildman–Crippen LogP) is 10.4. The highest BCUT2D eigenvalue weighted by atomic mass is 79.9. The number of thiophene rings is 2. The zero-order chi connectivity index (χ0) is 20.4. The van der Waals surface area contributed by atoms with Crippen molar-refractivity contribution in [3.63, 3.8) is 0 Å². The lowest BCUT2D eigenvalue weighted by Gasteiger charge is -2.15. The molecular weight excluding hydrogens is 516 g/mol. The Morgan fingerprint density at radius 1 is 0.821 bits per heavy atom. The molecule has 0 aliphatic rings. The van der Waals surface area contributed by atoms with Crippen LogP contribution in [0.5, 0.6) is 0 Å². The van der Waals surface area contributed by atoms with E-state index >= 15 is 0 Å². The zero-order valence-electron chi connectivity index (χ0n) is 17.3. The highest BCUT2D eigenvalue weighted by Gasteiger charge is 2.23. The molecule has 0 aliphatic carbocycles. The summed E-state index contributed by atoms with van der Waals surface area (Å²) < 4.78 is 3.46. The molecule has 2 rings (SSSR count). The predicted molar refractivity (Wildman–Crippen MR) is 134 cm³/mol. The van der Waals surface area contributed by atoms with Crippen LogP contribution in [0.3, 0.4) is 0 Å². The van der Waals surface area contributed by atoms with Crippen LogP contribution >= 0.6 is 54.5 Å². The lowest BCUT2D eigenvalue weighted by molar-refractivity contribution is 0.0906. The molecule has 0 radical (unpaired) electrons. The third kappa shape index (κ3) is 7.52. The molecule has 2 heterocycles. The third-order valence-electron chi connectivity index (χ3n) is 5.48. The highest BCUT2D eigenvalue weighted by molar-refractivity contribution is 9.12. The van der Waals surface area contributed by atoms with Gasteiger partial charge in [-0.15, -0.1) is 22.7 Å². The molecule has 0 aliphatic heterocycles. The molecule has 0 spiro atoms. The van der Waals surface area contributed by atoms with Crippen LogP contribution in [0.1, 0.15) is 107 Å². The van der Waals surface area contributed by atoms with Gasteiger partial charge >= 0.3 is 0 Å². The Labute approximate surface area is 195 Å². The van der Waals surface area contributed by atoms with Gasteiger partial charge in [-0.3, -0.25) is 4.79 Å². The fourth-order valence-electron chi connectivity index (χ4n) is 3.76. The number of unbranched alkanes of at least 4 members (excludes halogenated alkanes) is 9. The molecule has 1 atom stereocenters. The first-order chi connectivity index (χ1) is 13.6. The summed E-state index contributed by atoms with van der Waals surface area (Å²) in [5.41, 5.74) is 0. The summed E-state index contributed by atoms with van der Waals surface area (Å²) in [6.45, 7) is 4.50. The van der Waals surface area contributed by atoms with Crippen LogP contribution in [0, 0.1) is 5.92 Å². The van der Waals surface area contributed by atoms with Gasteiger partial charge in [-0.2, -0.15) is 0 Å². The van der Waals surface area contributed by atoms with Gasteiger partial charge in [-0.1, -0.05) is 84.5 Å². The first-order valence-corrected chi connectivity index (χ1v) is 14.2. The van der Waals surface area contributed by atoms with E-state index in [9.17, 15) is 4.79 Å². The summed E-state index contributed by atoms with van der Waals surface area (Å²) >= 11 is 10.6. The maximum atomic E-state index is 13.3. The first kappa shape index (κ1) is 24.6. The number of carbonyl (C=O) groups is 1. The lowest BCUT2D eigenvalue weighted by atomic mass is 9.90. The van der Waals surface area contributed by atoms with Gasteiger partial charge in [0.2, 0.25) is 0 Å². The second kappa shape index (κ2) is 13.6. The molecule has 5 heteroatoms. The van der Waals surface area contributed by atoms with Gasteiger partial charge in [-0.05, 0) is 50.8 Å². The van der Waals surface area contributed by atoms with E-state index < -0.39 is 0 Å². The van der Waals surface area contributed by atoms with Gasteiger partial charge in [0.1, 0.15) is 0 Å². The SMILES string of the molecule is CCCCCCCCCCC(CCCCC)C(=O)c1cc2c(Br)sc(Br)c2s1. The van der Waals surface area contributed by atoms with Crippen molar-refractivity contribution >= 4 is 70.4 Å². The number of carbonyl (C=O) groups excluding carboxylic acids is 1. The van der Waals surface area contributed by atoms with Gasteiger partial charge in [0, 0.05) is 11.3 Å². The van der Waals surface area contributed by atoms with Crippen molar-refractivity contribution in [3.05, 3.63) is 18.5 Å². The number of rotatable bonds is 15. The van der Waals surface area contributed by atoms with Crippen LogP contribution in [0.15, 0.2) is 13.6 Å². The van der Waals surface area contributed by atoms with Crippen LogP contribution in [-0.2, 0) is 0 Å². The summed E-state index contributed by atoms with van der Waals surface area (Å²) in [7, 11) is 0. The molecule has 0 saturated carbocycles. The van der Waals surface area contributed by atoms with E-state index in [2.05, 4.69) is 51.8 Å². The Bertz CT molecular complexity index is 685. The second-order valence-electron chi connectivity index (χ2n) is 7.82. The normalized spacial score (nSPS) is 12.7. The van der Waals surface area contributed by atoms with Gasteiger partial charge < -0.3 is 0 Å². The van der Waals surface area contributed by atoms with Crippen LogP contribution in [-0.4, -0.2) is 5.78 Å². The smallest absolute Gasteiger partial charge is 0.175 e. The summed E-state index contributed by atoms with van der Waals surface area (Å²) in [5, 5.41) is 1.18. The van der Waals surface area contributed by atoms with Gasteiger partial charge in [0.25, 0.3) is 0 Å². The Kier molecular flexibility index (Phi) is 11.9. The molecule has 2 aromatic rings. The molecule has 0 fully saturated rings. The molecule has 2 aromatic heterocycles. The Hall–Kier alpha value is 0.290. The van der Waals surface area contributed by atoms with Crippen molar-refractivity contribution in [1.29, 1.82) is 0 Å². The van der Waals surface area contributed by atoms with Gasteiger partial charge in [0.05, 0.1) is 17.1 Å². The quantitative estimate of drug-likeness (QED) is 0.159. The van der Waals surface area contributed by atoms with E-state index in [0.717, 1.165) is 25.3 Å². The van der Waals surface area contributed by atoms with E-state index in [4.69, 9.17) is 0 Å². The summed E-state index contributed by atoms with van der Waals surface area (Å²) in [5.74, 6) is 0.583. The number of hydrogen-bond acceptors (Lipinski definition) is 3. The minimum atomic E-state index is 0.204. The summed E-state index contributed by atoms with van der Waals surface area (Å²) in [6, 6.07) is 2.11. The van der Waals surface area contributed by atoms with Crippen LogP contribution in [0.4, 0.5) is 0 Å². The van der Waals surface area contributed by atoms with Crippen LogP contribution < -0.4 is 0 Å². The highest BCUT2D eigenvalue weighted by Crippen LogP contribution is 2.44. The first-order valence-electron chi connectivity index (χ1n) is 11.0. The zero-order valence-corrected chi connectivity index (χ0v) is 22.1. The number of hydrogen-bond donors (Lipinski definition) is 0. The lowest BCUT2D eigenvalue weighted by Crippen LogP contribution is -2.14. The molecule has 158 valence electrons. The van der Waals surface area contributed by atoms with Crippen molar-refractivity contribution in [2.45, 2.75) is 97.3 Å². The van der Waals surface area contributed by atoms with Crippen molar-refractivity contribution in [2.24, 2.45) is 5.92 Å². The summed E-state index contributed by atoms with van der Waals surface area (Å²) in [6.07, 6.45) is 16.3.